The van der Waals surface area contributed by atoms with E-state index in [1.807, 2.05) is 0 Å². The van der Waals surface area contributed by atoms with Crippen molar-refractivity contribution in [3.8, 4) is 0 Å². The number of aromatic nitrogens is 2. The number of fused-ring (bicyclic) bond motifs is 1. The zero-order valence-electron chi connectivity index (χ0n) is 18.5. The lowest BCUT2D eigenvalue weighted by molar-refractivity contribution is 0.243. The summed E-state index contributed by atoms with van der Waals surface area (Å²) in [6.07, 6.45) is 3.57. The van der Waals surface area contributed by atoms with Crippen LogP contribution in [0.3, 0.4) is 0 Å². The molecule has 2 saturated heterocycles. The first-order valence-electron chi connectivity index (χ1n) is 11.5. The van der Waals surface area contributed by atoms with Crippen molar-refractivity contribution in [3.63, 3.8) is 0 Å². The van der Waals surface area contributed by atoms with Crippen LogP contribution in [0, 0.1) is 6.92 Å². The highest BCUT2D eigenvalue weighted by atomic mass is 15.3. The van der Waals surface area contributed by atoms with E-state index in [1.54, 1.807) is 0 Å². The van der Waals surface area contributed by atoms with E-state index in [4.69, 9.17) is 9.97 Å². The number of nitrogens with zero attached hydrogens (tertiary/aromatic N) is 6. The average molecular weight is 407 g/mol. The van der Waals surface area contributed by atoms with Crippen LogP contribution < -0.4 is 9.80 Å². The van der Waals surface area contributed by atoms with Gasteiger partial charge in [0.2, 0.25) is 5.95 Å². The predicted molar refractivity (Wildman–Crippen MR) is 122 cm³/mol. The first-order chi connectivity index (χ1) is 14.7. The molecule has 0 unspecified atom stereocenters. The monoisotopic (exact) mass is 406 g/mol. The van der Waals surface area contributed by atoms with Crippen molar-refractivity contribution in [1.29, 1.82) is 0 Å². The lowest BCUT2D eigenvalue weighted by Gasteiger charge is -2.35. The van der Waals surface area contributed by atoms with Crippen LogP contribution in [0.1, 0.15) is 35.2 Å². The molecule has 3 aliphatic heterocycles. The van der Waals surface area contributed by atoms with Crippen molar-refractivity contribution in [2.24, 2.45) is 0 Å². The molecule has 0 amide bonds. The number of piperazine rings is 1. The number of anilines is 2. The molecule has 2 aromatic rings. The van der Waals surface area contributed by atoms with Crippen LogP contribution in [0.2, 0.25) is 0 Å². The Balaban J connectivity index is 1.41. The summed E-state index contributed by atoms with van der Waals surface area (Å²) in [6, 6.07) is 8.96. The molecule has 6 nitrogen and oxygen atoms in total. The molecule has 0 bridgehead atoms. The van der Waals surface area contributed by atoms with E-state index in [0.717, 1.165) is 71.3 Å². The first kappa shape index (κ1) is 19.8. The van der Waals surface area contributed by atoms with Crippen molar-refractivity contribution in [2.45, 2.75) is 39.3 Å². The largest absolute Gasteiger partial charge is 0.356 e. The topological polar surface area (TPSA) is 38.7 Å². The van der Waals surface area contributed by atoms with Crippen LogP contribution in [0.25, 0.3) is 0 Å². The summed E-state index contributed by atoms with van der Waals surface area (Å²) in [4.78, 5) is 20.1. The number of hydrogen-bond donors (Lipinski definition) is 0. The maximum absolute atomic E-state index is 5.17. The average Bonchev–Trinajstić information content (AvgIpc) is 3.30. The molecule has 0 N–H and O–H groups in total. The standard InChI is InChI=1S/C24H34N6/c1-19-5-7-20(8-6-19)17-28-12-9-22-21(18-28)23(29-10-3-4-11-29)26-24(25-22)30-15-13-27(2)14-16-30/h5-8H,3-4,9-18H2,1-2H3. The van der Waals surface area contributed by atoms with Crippen LogP contribution in [0.15, 0.2) is 24.3 Å². The molecule has 160 valence electrons. The molecule has 0 radical (unpaired) electrons. The molecule has 1 aromatic heterocycles. The second-order valence-electron chi connectivity index (χ2n) is 9.20. The van der Waals surface area contributed by atoms with Gasteiger partial charge in [-0.05, 0) is 32.4 Å². The Bertz CT molecular complexity index is 866. The zero-order valence-corrected chi connectivity index (χ0v) is 18.5. The van der Waals surface area contributed by atoms with E-state index >= 15 is 0 Å². The lowest BCUT2D eigenvalue weighted by atomic mass is 10.0. The third kappa shape index (κ3) is 4.16. The van der Waals surface area contributed by atoms with Crippen LogP contribution in [-0.4, -0.2) is 72.6 Å². The Morgan fingerprint density at radius 3 is 2.30 bits per heavy atom. The summed E-state index contributed by atoms with van der Waals surface area (Å²) in [5.74, 6) is 2.16. The molecule has 6 heteroatoms. The van der Waals surface area contributed by atoms with Crippen molar-refractivity contribution in [3.05, 3.63) is 46.6 Å². The molecule has 3 aliphatic rings. The molecule has 0 atom stereocenters. The molecule has 30 heavy (non-hydrogen) atoms. The second kappa shape index (κ2) is 8.52. The molecule has 0 saturated carbocycles. The summed E-state index contributed by atoms with van der Waals surface area (Å²) >= 11 is 0. The number of hydrogen-bond acceptors (Lipinski definition) is 6. The van der Waals surface area contributed by atoms with E-state index in [1.165, 1.54) is 41.0 Å². The van der Waals surface area contributed by atoms with Gasteiger partial charge in [-0.25, -0.2) is 4.98 Å². The van der Waals surface area contributed by atoms with Gasteiger partial charge in [-0.3, -0.25) is 4.90 Å². The van der Waals surface area contributed by atoms with E-state index in [2.05, 4.69) is 57.8 Å². The molecule has 2 fully saturated rings. The van der Waals surface area contributed by atoms with Crippen molar-refractivity contribution < 1.29 is 0 Å². The Labute approximate surface area is 180 Å². The second-order valence-corrected chi connectivity index (χ2v) is 9.20. The van der Waals surface area contributed by atoms with Gasteiger partial charge in [-0.15, -0.1) is 0 Å². The third-order valence-corrected chi connectivity index (χ3v) is 6.82. The molecular formula is C24H34N6. The number of aryl methyl sites for hydroxylation is 1. The van der Waals surface area contributed by atoms with Crippen molar-refractivity contribution >= 4 is 11.8 Å². The quantitative estimate of drug-likeness (QED) is 0.777. The van der Waals surface area contributed by atoms with Crippen LogP contribution in [0.4, 0.5) is 11.8 Å². The minimum absolute atomic E-state index is 0.954. The van der Waals surface area contributed by atoms with Gasteiger partial charge in [-0.1, -0.05) is 29.8 Å². The lowest BCUT2D eigenvalue weighted by Crippen LogP contribution is -2.45. The van der Waals surface area contributed by atoms with Crippen LogP contribution in [0.5, 0.6) is 0 Å². The van der Waals surface area contributed by atoms with Gasteiger partial charge < -0.3 is 14.7 Å². The van der Waals surface area contributed by atoms with Crippen molar-refractivity contribution in [2.75, 3.05) is 62.7 Å². The molecular weight excluding hydrogens is 372 g/mol. The Morgan fingerprint density at radius 1 is 0.833 bits per heavy atom. The zero-order chi connectivity index (χ0) is 20.5. The molecule has 0 spiro atoms. The summed E-state index contributed by atoms with van der Waals surface area (Å²) < 4.78 is 0. The van der Waals surface area contributed by atoms with E-state index in [-0.39, 0.29) is 0 Å². The molecule has 1 aromatic carbocycles. The van der Waals surface area contributed by atoms with Gasteiger partial charge in [-0.2, -0.15) is 4.98 Å². The van der Waals surface area contributed by atoms with Gasteiger partial charge in [0, 0.05) is 70.9 Å². The number of likely N-dealkylation sites (N-methyl/N-ethyl adjacent to an activating group) is 1. The fourth-order valence-corrected chi connectivity index (χ4v) is 4.86. The van der Waals surface area contributed by atoms with E-state index in [0.29, 0.717) is 0 Å². The predicted octanol–water partition coefficient (Wildman–Crippen LogP) is 2.70. The maximum Gasteiger partial charge on any atom is 0.227 e. The third-order valence-electron chi connectivity index (χ3n) is 6.82. The number of rotatable bonds is 4. The Hall–Kier alpha value is -2.18. The highest BCUT2D eigenvalue weighted by molar-refractivity contribution is 5.55. The van der Waals surface area contributed by atoms with Crippen LogP contribution in [-0.2, 0) is 19.5 Å². The first-order valence-corrected chi connectivity index (χ1v) is 11.5. The minimum Gasteiger partial charge on any atom is -0.356 e. The maximum atomic E-state index is 5.17. The summed E-state index contributed by atoms with van der Waals surface area (Å²) in [6.45, 7) is 11.7. The smallest absolute Gasteiger partial charge is 0.227 e. The van der Waals surface area contributed by atoms with Gasteiger partial charge in [0.05, 0.1) is 5.69 Å². The molecule has 5 rings (SSSR count). The van der Waals surface area contributed by atoms with Gasteiger partial charge in [0.25, 0.3) is 0 Å². The number of benzene rings is 1. The highest BCUT2D eigenvalue weighted by Gasteiger charge is 2.28. The summed E-state index contributed by atoms with van der Waals surface area (Å²) in [5, 5.41) is 0. The van der Waals surface area contributed by atoms with Gasteiger partial charge >= 0.3 is 0 Å². The van der Waals surface area contributed by atoms with E-state index in [9.17, 15) is 0 Å². The van der Waals surface area contributed by atoms with Gasteiger partial charge in [0.1, 0.15) is 5.82 Å². The normalized spacial score (nSPS) is 20.6. The SMILES string of the molecule is Cc1ccc(CN2CCc3nc(N4CCN(C)CC4)nc(N4CCCC4)c3C2)cc1. The Morgan fingerprint density at radius 2 is 1.57 bits per heavy atom. The fourth-order valence-electron chi connectivity index (χ4n) is 4.86. The van der Waals surface area contributed by atoms with Gasteiger partial charge in [0.15, 0.2) is 0 Å². The highest BCUT2D eigenvalue weighted by Crippen LogP contribution is 2.31. The fraction of sp³-hybridized carbons (Fsp3) is 0.583. The van der Waals surface area contributed by atoms with E-state index < -0.39 is 0 Å². The van der Waals surface area contributed by atoms with Crippen molar-refractivity contribution in [1.82, 2.24) is 19.8 Å². The summed E-state index contributed by atoms with van der Waals surface area (Å²) in [5.41, 5.74) is 5.36. The van der Waals surface area contributed by atoms with Crippen LogP contribution >= 0.6 is 0 Å². The minimum atomic E-state index is 0.954. The molecule has 0 aliphatic carbocycles. The summed E-state index contributed by atoms with van der Waals surface area (Å²) in [7, 11) is 2.20. The Kier molecular flexibility index (Phi) is 5.61. The molecule has 4 heterocycles.